The lowest BCUT2D eigenvalue weighted by molar-refractivity contribution is -0.128. The standard InChI is InChI=1S/C38H70N4O7/c1-27(2)20-22-40-34(45)19-13-8-14-21-39-35(46)25-32(43)30(23-28-15-9-6-10-16-28)41-36(47)26-33(44)31(24-29-17-11-7-12-18-29)42-37(48)49-38(3,4)5/h27-33,43-44H,6-26H2,1-5H3,(H,39,46)(H,40,45)(H,41,47)(H,42,48)/t30-,31-,32-,33-/m0/s1. The third-order valence-electron chi connectivity index (χ3n) is 9.84. The van der Waals surface area contributed by atoms with Crippen LogP contribution in [0.1, 0.15) is 157 Å². The van der Waals surface area contributed by atoms with Gasteiger partial charge in [-0.3, -0.25) is 14.4 Å². The molecule has 0 bridgehead atoms. The van der Waals surface area contributed by atoms with Crippen LogP contribution in [0.25, 0.3) is 0 Å². The van der Waals surface area contributed by atoms with E-state index in [1.165, 1.54) is 12.8 Å². The first kappa shape index (κ1) is 42.8. The van der Waals surface area contributed by atoms with Crippen molar-refractivity contribution in [1.29, 1.82) is 0 Å². The van der Waals surface area contributed by atoms with Gasteiger partial charge in [-0.1, -0.05) is 84.5 Å². The van der Waals surface area contributed by atoms with E-state index in [2.05, 4.69) is 35.1 Å². The smallest absolute Gasteiger partial charge is 0.407 e. The predicted molar refractivity (Wildman–Crippen MR) is 193 cm³/mol. The summed E-state index contributed by atoms with van der Waals surface area (Å²) in [5, 5.41) is 34.0. The van der Waals surface area contributed by atoms with E-state index >= 15 is 0 Å². The van der Waals surface area contributed by atoms with Crippen molar-refractivity contribution < 1.29 is 34.1 Å². The van der Waals surface area contributed by atoms with E-state index < -0.39 is 41.9 Å². The molecule has 49 heavy (non-hydrogen) atoms. The molecule has 6 N–H and O–H groups in total. The molecule has 0 aromatic heterocycles. The summed E-state index contributed by atoms with van der Waals surface area (Å²) >= 11 is 0. The lowest BCUT2D eigenvalue weighted by atomic mass is 9.83. The van der Waals surface area contributed by atoms with Crippen LogP contribution in [0, 0.1) is 17.8 Å². The highest BCUT2D eigenvalue weighted by molar-refractivity contribution is 5.78. The average Bonchev–Trinajstić information content (AvgIpc) is 3.02. The lowest BCUT2D eigenvalue weighted by Gasteiger charge is -2.32. The first-order valence-corrected chi connectivity index (χ1v) is 19.4. The first-order chi connectivity index (χ1) is 23.2. The molecule has 0 aliphatic heterocycles. The van der Waals surface area contributed by atoms with Crippen molar-refractivity contribution in [2.24, 2.45) is 17.8 Å². The molecule has 4 amide bonds. The average molecular weight is 695 g/mol. The number of ether oxygens (including phenoxy) is 1. The van der Waals surface area contributed by atoms with E-state index in [1.54, 1.807) is 20.8 Å². The number of amides is 4. The maximum absolute atomic E-state index is 13.4. The predicted octanol–water partition coefficient (Wildman–Crippen LogP) is 5.65. The van der Waals surface area contributed by atoms with Crippen molar-refractivity contribution in [3.05, 3.63) is 0 Å². The fraction of sp³-hybridized carbons (Fsp3) is 0.895. The highest BCUT2D eigenvalue weighted by Crippen LogP contribution is 2.30. The zero-order chi connectivity index (χ0) is 36.2. The Balaban J connectivity index is 1.90. The van der Waals surface area contributed by atoms with Crippen LogP contribution in [-0.2, 0) is 19.1 Å². The summed E-state index contributed by atoms with van der Waals surface area (Å²) in [6.07, 6.45) is 12.6. The molecular weight excluding hydrogens is 624 g/mol. The van der Waals surface area contributed by atoms with Gasteiger partial charge >= 0.3 is 6.09 Å². The van der Waals surface area contributed by atoms with Gasteiger partial charge in [0.05, 0.1) is 37.1 Å². The molecule has 284 valence electrons. The number of hydrogen-bond donors (Lipinski definition) is 6. The zero-order valence-electron chi connectivity index (χ0n) is 31.3. The van der Waals surface area contributed by atoms with Crippen molar-refractivity contribution in [3.63, 3.8) is 0 Å². The van der Waals surface area contributed by atoms with Crippen LogP contribution in [0.4, 0.5) is 4.79 Å². The van der Waals surface area contributed by atoms with E-state index in [9.17, 15) is 29.4 Å². The van der Waals surface area contributed by atoms with Crippen LogP contribution in [-0.4, -0.2) is 77.0 Å². The molecule has 4 atom stereocenters. The Morgan fingerprint density at radius 3 is 1.71 bits per heavy atom. The second kappa shape index (κ2) is 23.1. The van der Waals surface area contributed by atoms with E-state index in [-0.39, 0.29) is 24.7 Å². The highest BCUT2D eigenvalue weighted by Gasteiger charge is 2.32. The number of unbranched alkanes of at least 4 members (excludes halogenated alkanes) is 2. The Hall–Kier alpha value is -2.40. The fourth-order valence-corrected chi connectivity index (χ4v) is 7.05. The summed E-state index contributed by atoms with van der Waals surface area (Å²) in [5.74, 6) is 0.612. The van der Waals surface area contributed by atoms with Gasteiger partial charge in [0.15, 0.2) is 0 Å². The molecule has 0 unspecified atom stereocenters. The van der Waals surface area contributed by atoms with E-state index in [1.807, 2.05) is 0 Å². The van der Waals surface area contributed by atoms with Crippen LogP contribution in [0.3, 0.4) is 0 Å². The quantitative estimate of drug-likeness (QED) is 0.0846. The molecule has 2 aliphatic carbocycles. The Labute approximate surface area is 296 Å². The summed E-state index contributed by atoms with van der Waals surface area (Å²) in [6.45, 7) is 10.8. The third-order valence-corrected chi connectivity index (χ3v) is 9.84. The number of alkyl carbamates (subject to hydrolysis) is 1. The molecule has 0 radical (unpaired) electrons. The first-order valence-electron chi connectivity index (χ1n) is 19.4. The Bertz CT molecular complexity index is 974. The molecule has 2 fully saturated rings. The third kappa shape index (κ3) is 20.1. The maximum Gasteiger partial charge on any atom is 0.407 e. The van der Waals surface area contributed by atoms with Crippen LogP contribution in [0.2, 0.25) is 0 Å². The summed E-state index contributed by atoms with van der Waals surface area (Å²) in [5.41, 5.74) is -0.693. The Morgan fingerprint density at radius 1 is 0.673 bits per heavy atom. The van der Waals surface area contributed by atoms with Crippen LogP contribution in [0.5, 0.6) is 0 Å². The minimum atomic E-state index is -1.13. The number of aliphatic hydroxyl groups is 2. The SMILES string of the molecule is CC(C)CCNC(=O)CCCCCNC(=O)C[C@H](O)[C@H](CC1CCCCC1)NC(=O)C[C@H](O)[C@H](CC1CCCCC1)NC(=O)OC(C)(C)C. The summed E-state index contributed by atoms with van der Waals surface area (Å²) in [4.78, 5) is 50.8. The number of hydrogen-bond acceptors (Lipinski definition) is 7. The second-order valence-electron chi connectivity index (χ2n) is 16.1. The zero-order valence-corrected chi connectivity index (χ0v) is 31.3. The van der Waals surface area contributed by atoms with Gasteiger partial charge < -0.3 is 36.2 Å². The minimum Gasteiger partial charge on any atom is -0.444 e. The second-order valence-corrected chi connectivity index (χ2v) is 16.1. The van der Waals surface area contributed by atoms with Gasteiger partial charge in [0, 0.05) is 19.5 Å². The molecule has 0 spiro atoms. The van der Waals surface area contributed by atoms with Gasteiger partial charge in [-0.15, -0.1) is 0 Å². The van der Waals surface area contributed by atoms with Gasteiger partial charge in [0.25, 0.3) is 0 Å². The van der Waals surface area contributed by atoms with Crippen LogP contribution < -0.4 is 21.3 Å². The van der Waals surface area contributed by atoms with Crippen LogP contribution >= 0.6 is 0 Å². The van der Waals surface area contributed by atoms with Gasteiger partial charge in [-0.05, 0) is 70.6 Å². The normalized spacial score (nSPS) is 18.6. The molecular formula is C38H70N4O7. The fourth-order valence-electron chi connectivity index (χ4n) is 7.05. The molecule has 0 saturated heterocycles. The van der Waals surface area contributed by atoms with E-state index in [0.29, 0.717) is 50.1 Å². The summed E-state index contributed by atoms with van der Waals surface area (Å²) < 4.78 is 5.46. The van der Waals surface area contributed by atoms with Crippen molar-refractivity contribution in [3.8, 4) is 0 Å². The van der Waals surface area contributed by atoms with E-state index in [4.69, 9.17) is 4.74 Å². The number of nitrogens with one attached hydrogen (secondary N) is 4. The van der Waals surface area contributed by atoms with Gasteiger partial charge in [-0.25, -0.2) is 4.79 Å². The van der Waals surface area contributed by atoms with Crippen molar-refractivity contribution in [1.82, 2.24) is 21.3 Å². The van der Waals surface area contributed by atoms with Gasteiger partial charge in [-0.2, -0.15) is 0 Å². The van der Waals surface area contributed by atoms with E-state index in [0.717, 1.165) is 77.0 Å². The Kier molecular flexibility index (Phi) is 20.2. The lowest BCUT2D eigenvalue weighted by Crippen LogP contribution is -2.50. The summed E-state index contributed by atoms with van der Waals surface area (Å²) in [6, 6.07) is -1.27. The molecule has 11 nitrogen and oxygen atoms in total. The molecule has 2 saturated carbocycles. The summed E-state index contributed by atoms with van der Waals surface area (Å²) in [7, 11) is 0. The number of rotatable bonds is 21. The number of carbonyl (C=O) groups is 4. The molecule has 0 aromatic rings. The monoisotopic (exact) mass is 695 g/mol. The van der Waals surface area contributed by atoms with Crippen molar-refractivity contribution in [2.75, 3.05) is 13.1 Å². The maximum atomic E-state index is 13.4. The van der Waals surface area contributed by atoms with Crippen molar-refractivity contribution >= 4 is 23.8 Å². The Morgan fingerprint density at radius 2 is 1.18 bits per heavy atom. The van der Waals surface area contributed by atoms with Gasteiger partial charge in [0.1, 0.15) is 5.60 Å². The highest BCUT2D eigenvalue weighted by atomic mass is 16.6. The van der Waals surface area contributed by atoms with Crippen LogP contribution in [0.15, 0.2) is 0 Å². The minimum absolute atomic E-state index is 0.0606. The number of carbonyl (C=O) groups excluding carboxylic acids is 4. The molecule has 0 aromatic carbocycles. The molecule has 11 heteroatoms. The molecule has 2 aliphatic rings. The van der Waals surface area contributed by atoms with Gasteiger partial charge in [0.2, 0.25) is 17.7 Å². The molecule has 2 rings (SSSR count). The molecule has 0 heterocycles. The van der Waals surface area contributed by atoms with Crippen molar-refractivity contribution in [2.45, 2.75) is 187 Å². The topological polar surface area (TPSA) is 166 Å². The largest absolute Gasteiger partial charge is 0.444 e. The number of aliphatic hydroxyl groups excluding tert-OH is 2.